The molecule has 1 saturated heterocycles. The third-order valence-corrected chi connectivity index (χ3v) is 4.61. The molecule has 1 aromatic carbocycles. The van der Waals surface area contributed by atoms with Crippen LogP contribution in [0.5, 0.6) is 0 Å². The topological polar surface area (TPSA) is 61.4 Å². The van der Waals surface area contributed by atoms with Crippen LogP contribution < -0.4 is 10.6 Å². The van der Waals surface area contributed by atoms with Crippen LogP contribution in [0.15, 0.2) is 24.3 Å². The zero-order valence-corrected chi connectivity index (χ0v) is 15.2. The van der Waals surface area contributed by atoms with Gasteiger partial charge in [-0.2, -0.15) is 0 Å². The van der Waals surface area contributed by atoms with Crippen molar-refractivity contribution in [1.82, 2.24) is 15.5 Å². The molecule has 2 amide bonds. The molecule has 132 valence electrons. The smallest absolute Gasteiger partial charge is 0.251 e. The lowest BCUT2D eigenvalue weighted by Crippen LogP contribution is -2.40. The summed E-state index contributed by atoms with van der Waals surface area (Å²) in [7, 11) is 1.84. The predicted octanol–water partition coefficient (Wildman–Crippen LogP) is 1.92. The standard InChI is InChI=1S/C19H29N3O2/c1-19(2,3)15-7-5-14(6-8-15)18(24)21-12-10-17(23)22(4)16-9-11-20-13-16/h5-8,16,20H,9-13H2,1-4H3,(H,21,24). The summed E-state index contributed by atoms with van der Waals surface area (Å²) in [6.07, 6.45) is 1.33. The first kappa shape index (κ1) is 18.5. The van der Waals surface area contributed by atoms with Crippen LogP contribution in [-0.4, -0.2) is 49.4 Å². The van der Waals surface area contributed by atoms with Gasteiger partial charge in [-0.1, -0.05) is 32.9 Å². The summed E-state index contributed by atoms with van der Waals surface area (Å²) in [5.74, 6) is -0.0551. The van der Waals surface area contributed by atoms with Gasteiger partial charge in [0, 0.05) is 38.2 Å². The lowest BCUT2D eigenvalue weighted by molar-refractivity contribution is -0.131. The molecular formula is C19H29N3O2. The van der Waals surface area contributed by atoms with Gasteiger partial charge in [-0.25, -0.2) is 0 Å². The maximum absolute atomic E-state index is 12.2. The Morgan fingerprint density at radius 3 is 2.46 bits per heavy atom. The van der Waals surface area contributed by atoms with Gasteiger partial charge in [0.15, 0.2) is 0 Å². The first-order valence-corrected chi connectivity index (χ1v) is 8.64. The molecule has 1 aliphatic heterocycles. The van der Waals surface area contributed by atoms with E-state index >= 15 is 0 Å². The van der Waals surface area contributed by atoms with Crippen molar-refractivity contribution in [3.63, 3.8) is 0 Å². The molecule has 1 atom stereocenters. The van der Waals surface area contributed by atoms with E-state index in [1.165, 1.54) is 5.56 Å². The Hall–Kier alpha value is -1.88. The number of hydrogen-bond acceptors (Lipinski definition) is 3. The second-order valence-electron chi connectivity index (χ2n) is 7.48. The van der Waals surface area contributed by atoms with Crippen molar-refractivity contribution in [2.75, 3.05) is 26.7 Å². The Morgan fingerprint density at radius 1 is 1.25 bits per heavy atom. The third kappa shape index (κ3) is 4.81. The highest BCUT2D eigenvalue weighted by Gasteiger charge is 2.22. The van der Waals surface area contributed by atoms with Crippen molar-refractivity contribution in [2.45, 2.75) is 45.1 Å². The van der Waals surface area contributed by atoms with Gasteiger partial charge < -0.3 is 15.5 Å². The Kier molecular flexibility index (Phi) is 5.99. The summed E-state index contributed by atoms with van der Waals surface area (Å²) in [4.78, 5) is 26.1. The summed E-state index contributed by atoms with van der Waals surface area (Å²) in [5.41, 5.74) is 1.89. The second kappa shape index (κ2) is 7.79. The normalized spacial score (nSPS) is 17.6. The van der Waals surface area contributed by atoms with Gasteiger partial charge in [0.1, 0.15) is 0 Å². The number of carbonyl (C=O) groups excluding carboxylic acids is 2. The van der Waals surface area contributed by atoms with E-state index in [4.69, 9.17) is 0 Å². The van der Waals surface area contributed by atoms with Gasteiger partial charge in [-0.3, -0.25) is 9.59 Å². The molecule has 1 heterocycles. The lowest BCUT2D eigenvalue weighted by atomic mass is 9.87. The number of hydrogen-bond donors (Lipinski definition) is 2. The van der Waals surface area contributed by atoms with E-state index in [2.05, 4.69) is 31.4 Å². The summed E-state index contributed by atoms with van der Waals surface area (Å²) < 4.78 is 0. The first-order valence-electron chi connectivity index (χ1n) is 8.64. The van der Waals surface area contributed by atoms with E-state index in [-0.39, 0.29) is 23.3 Å². The van der Waals surface area contributed by atoms with E-state index in [9.17, 15) is 9.59 Å². The molecule has 0 bridgehead atoms. The number of carbonyl (C=O) groups is 2. The third-order valence-electron chi connectivity index (χ3n) is 4.61. The zero-order chi connectivity index (χ0) is 17.7. The van der Waals surface area contributed by atoms with Gasteiger partial charge in [0.05, 0.1) is 0 Å². The fraction of sp³-hybridized carbons (Fsp3) is 0.579. The van der Waals surface area contributed by atoms with E-state index in [1.807, 2.05) is 31.3 Å². The molecule has 5 nitrogen and oxygen atoms in total. The molecule has 5 heteroatoms. The second-order valence-corrected chi connectivity index (χ2v) is 7.48. The largest absolute Gasteiger partial charge is 0.352 e. The molecule has 0 saturated carbocycles. The minimum Gasteiger partial charge on any atom is -0.352 e. The van der Waals surface area contributed by atoms with Gasteiger partial charge in [-0.15, -0.1) is 0 Å². The van der Waals surface area contributed by atoms with Crippen molar-refractivity contribution < 1.29 is 9.59 Å². The molecule has 1 fully saturated rings. The van der Waals surface area contributed by atoms with Gasteiger partial charge in [0.2, 0.25) is 5.91 Å². The monoisotopic (exact) mass is 331 g/mol. The molecule has 0 aliphatic carbocycles. The number of rotatable bonds is 5. The number of nitrogens with one attached hydrogen (secondary N) is 2. The Balaban J connectivity index is 1.79. The molecule has 0 aromatic heterocycles. The van der Waals surface area contributed by atoms with Crippen LogP contribution in [0.25, 0.3) is 0 Å². The van der Waals surface area contributed by atoms with Crippen molar-refractivity contribution in [3.05, 3.63) is 35.4 Å². The van der Waals surface area contributed by atoms with Crippen molar-refractivity contribution in [1.29, 1.82) is 0 Å². The lowest BCUT2D eigenvalue weighted by Gasteiger charge is -2.23. The Morgan fingerprint density at radius 2 is 1.92 bits per heavy atom. The number of amides is 2. The number of benzene rings is 1. The van der Waals surface area contributed by atoms with Gasteiger partial charge in [-0.05, 0) is 36.1 Å². The number of likely N-dealkylation sites (N-methyl/N-ethyl adjacent to an activating group) is 1. The highest BCUT2D eigenvalue weighted by atomic mass is 16.2. The van der Waals surface area contributed by atoms with Crippen LogP contribution in [0.2, 0.25) is 0 Å². The molecule has 0 spiro atoms. The molecule has 0 radical (unpaired) electrons. The molecule has 1 unspecified atom stereocenters. The van der Waals surface area contributed by atoms with Crippen LogP contribution >= 0.6 is 0 Å². The number of nitrogens with zero attached hydrogens (tertiary/aromatic N) is 1. The Labute approximate surface area is 144 Å². The highest BCUT2D eigenvalue weighted by Crippen LogP contribution is 2.22. The van der Waals surface area contributed by atoms with Gasteiger partial charge in [0.25, 0.3) is 5.91 Å². The van der Waals surface area contributed by atoms with Crippen LogP contribution in [0.1, 0.15) is 49.5 Å². The fourth-order valence-corrected chi connectivity index (χ4v) is 2.86. The molecule has 2 N–H and O–H groups in total. The quantitative estimate of drug-likeness (QED) is 0.867. The van der Waals surface area contributed by atoms with Crippen LogP contribution in [0, 0.1) is 0 Å². The maximum Gasteiger partial charge on any atom is 0.251 e. The minimum absolute atomic E-state index is 0.0705. The molecule has 2 rings (SSSR count). The van der Waals surface area contributed by atoms with Crippen LogP contribution in [0.4, 0.5) is 0 Å². The van der Waals surface area contributed by atoms with Crippen LogP contribution in [-0.2, 0) is 10.2 Å². The van der Waals surface area contributed by atoms with Crippen molar-refractivity contribution in [3.8, 4) is 0 Å². The van der Waals surface area contributed by atoms with Crippen molar-refractivity contribution in [2.24, 2.45) is 0 Å². The highest BCUT2D eigenvalue weighted by molar-refractivity contribution is 5.94. The molecule has 1 aliphatic rings. The van der Waals surface area contributed by atoms with E-state index in [1.54, 1.807) is 4.90 Å². The van der Waals surface area contributed by atoms with Crippen molar-refractivity contribution >= 4 is 11.8 Å². The summed E-state index contributed by atoms with van der Waals surface area (Å²) in [6.45, 7) is 8.61. The summed E-state index contributed by atoms with van der Waals surface area (Å²) in [5, 5.41) is 6.09. The van der Waals surface area contributed by atoms with Crippen LogP contribution in [0.3, 0.4) is 0 Å². The zero-order valence-electron chi connectivity index (χ0n) is 15.2. The average molecular weight is 331 g/mol. The van der Waals surface area contributed by atoms with E-state index < -0.39 is 0 Å². The minimum atomic E-state index is -0.131. The molecular weight excluding hydrogens is 302 g/mol. The average Bonchev–Trinajstić information content (AvgIpc) is 3.07. The SMILES string of the molecule is CN(C(=O)CCNC(=O)c1ccc(C(C)(C)C)cc1)C1CCNC1. The predicted molar refractivity (Wildman–Crippen MR) is 96.1 cm³/mol. The van der Waals surface area contributed by atoms with E-state index in [0.717, 1.165) is 19.5 Å². The van der Waals surface area contributed by atoms with Gasteiger partial charge >= 0.3 is 0 Å². The fourth-order valence-electron chi connectivity index (χ4n) is 2.86. The van der Waals surface area contributed by atoms with E-state index in [0.29, 0.717) is 18.5 Å². The summed E-state index contributed by atoms with van der Waals surface area (Å²) in [6, 6.07) is 7.93. The Bertz CT molecular complexity index is 569. The summed E-state index contributed by atoms with van der Waals surface area (Å²) >= 11 is 0. The first-order chi connectivity index (χ1) is 11.3. The molecule has 24 heavy (non-hydrogen) atoms. The maximum atomic E-state index is 12.2. The molecule has 1 aromatic rings.